The summed E-state index contributed by atoms with van der Waals surface area (Å²) in [6.07, 6.45) is 1.71. The van der Waals surface area contributed by atoms with Crippen LogP contribution in [0.15, 0.2) is 12.3 Å². The largest absolute Gasteiger partial charge is 0.312 e. The minimum Gasteiger partial charge on any atom is -0.312 e. The molecule has 6 heteroatoms. The van der Waals surface area contributed by atoms with E-state index in [4.69, 9.17) is 0 Å². The van der Waals surface area contributed by atoms with E-state index in [1.54, 1.807) is 13.2 Å². The van der Waals surface area contributed by atoms with Gasteiger partial charge in [-0.2, -0.15) is 5.10 Å². The second-order valence-corrected chi connectivity index (χ2v) is 3.97. The van der Waals surface area contributed by atoms with E-state index < -0.39 is 0 Å². The van der Waals surface area contributed by atoms with Crippen molar-refractivity contribution in [2.75, 3.05) is 25.5 Å². The van der Waals surface area contributed by atoms with E-state index in [-0.39, 0.29) is 11.9 Å². The molecule has 88 valence electrons. The quantitative estimate of drug-likeness (QED) is 0.648. The van der Waals surface area contributed by atoms with Crippen LogP contribution in [-0.2, 0) is 4.79 Å². The molecule has 1 atom stereocenters. The molecule has 16 heavy (non-hydrogen) atoms. The van der Waals surface area contributed by atoms with Crippen molar-refractivity contribution in [3.05, 3.63) is 12.3 Å². The Labute approximate surface area is 94.4 Å². The molecule has 1 aliphatic rings. The Hall–Kier alpha value is -1.40. The average Bonchev–Trinajstić information content (AvgIpc) is 2.62. The highest BCUT2D eigenvalue weighted by Gasteiger charge is 2.22. The van der Waals surface area contributed by atoms with Gasteiger partial charge in [0.25, 0.3) is 0 Å². The maximum absolute atomic E-state index is 11.7. The number of nitrogens with zero attached hydrogens (tertiary/aromatic N) is 2. The van der Waals surface area contributed by atoms with Crippen LogP contribution in [0.3, 0.4) is 0 Å². The predicted octanol–water partition coefficient (Wildman–Crippen LogP) is -0.426. The highest BCUT2D eigenvalue weighted by molar-refractivity contribution is 5.93. The van der Waals surface area contributed by atoms with Crippen LogP contribution in [0.2, 0.25) is 0 Å². The number of rotatable bonds is 4. The van der Waals surface area contributed by atoms with Gasteiger partial charge in [0.05, 0.1) is 18.3 Å². The molecule has 0 radical (unpaired) electrons. The van der Waals surface area contributed by atoms with Gasteiger partial charge in [0.2, 0.25) is 5.91 Å². The van der Waals surface area contributed by atoms with Gasteiger partial charge in [-0.25, -0.2) is 4.68 Å². The summed E-state index contributed by atoms with van der Waals surface area (Å²) in [6.45, 7) is 3.64. The molecule has 2 heterocycles. The first-order valence-electron chi connectivity index (χ1n) is 5.44. The normalized spacial score (nSPS) is 17.9. The summed E-state index contributed by atoms with van der Waals surface area (Å²) in [7, 11) is 1.76. The van der Waals surface area contributed by atoms with Gasteiger partial charge in [-0.15, -0.1) is 0 Å². The first kappa shape index (κ1) is 11.1. The Balaban J connectivity index is 2.03. The fourth-order valence-electron chi connectivity index (χ4n) is 1.52. The molecule has 3 N–H and O–H groups in total. The van der Waals surface area contributed by atoms with Gasteiger partial charge >= 0.3 is 0 Å². The molecular weight excluding hydrogens is 206 g/mol. The van der Waals surface area contributed by atoms with Crippen LogP contribution in [-0.4, -0.2) is 41.9 Å². The molecule has 0 saturated carbocycles. The van der Waals surface area contributed by atoms with E-state index in [1.807, 2.05) is 17.7 Å². The smallest absolute Gasteiger partial charge is 0.242 e. The molecule has 1 saturated heterocycles. The number of amides is 1. The molecule has 1 aliphatic heterocycles. The van der Waals surface area contributed by atoms with E-state index in [1.165, 1.54) is 0 Å². The van der Waals surface area contributed by atoms with Crippen molar-refractivity contribution >= 4 is 11.7 Å². The minimum absolute atomic E-state index is 0.0449. The first-order chi connectivity index (χ1) is 7.72. The van der Waals surface area contributed by atoms with Crippen molar-refractivity contribution in [3.8, 4) is 0 Å². The van der Waals surface area contributed by atoms with Gasteiger partial charge in [-0.05, 0) is 14.0 Å². The lowest BCUT2D eigenvalue weighted by Crippen LogP contribution is -2.44. The standard InChI is InChI=1S/C10H17N5O/c1-7(11-2)10(16)14-9-3-4-13-15(9)8-5-12-6-8/h3-4,7-8,11-12H,5-6H2,1-2H3,(H,14,16)/t7-/m0/s1. The lowest BCUT2D eigenvalue weighted by molar-refractivity contribution is -0.117. The number of nitrogens with one attached hydrogen (secondary N) is 3. The third-order valence-corrected chi connectivity index (χ3v) is 2.85. The number of carbonyl (C=O) groups excluding carboxylic acids is 1. The maximum Gasteiger partial charge on any atom is 0.242 e. The zero-order valence-corrected chi connectivity index (χ0v) is 9.53. The SMILES string of the molecule is CN[C@@H](C)C(=O)Nc1ccnn1C1CNC1. The molecule has 1 amide bonds. The van der Waals surface area contributed by atoms with Gasteiger partial charge in [0.1, 0.15) is 5.82 Å². The number of anilines is 1. The summed E-state index contributed by atoms with van der Waals surface area (Å²) >= 11 is 0. The molecule has 6 nitrogen and oxygen atoms in total. The molecule has 0 aromatic carbocycles. The van der Waals surface area contributed by atoms with Gasteiger partial charge < -0.3 is 16.0 Å². The lowest BCUT2D eigenvalue weighted by Gasteiger charge is -2.28. The predicted molar refractivity (Wildman–Crippen MR) is 61.3 cm³/mol. The number of aromatic nitrogens is 2. The van der Waals surface area contributed by atoms with Crippen molar-refractivity contribution in [2.45, 2.75) is 19.0 Å². The molecule has 0 spiro atoms. The van der Waals surface area contributed by atoms with E-state index in [9.17, 15) is 4.79 Å². The zero-order chi connectivity index (χ0) is 11.5. The molecule has 0 aliphatic carbocycles. The van der Waals surface area contributed by atoms with Crippen LogP contribution in [0, 0.1) is 0 Å². The van der Waals surface area contributed by atoms with E-state index >= 15 is 0 Å². The van der Waals surface area contributed by atoms with Gasteiger partial charge in [0.15, 0.2) is 0 Å². The Bertz CT molecular complexity index is 371. The van der Waals surface area contributed by atoms with Crippen molar-refractivity contribution in [1.82, 2.24) is 20.4 Å². The third-order valence-electron chi connectivity index (χ3n) is 2.85. The average molecular weight is 223 g/mol. The fraction of sp³-hybridized carbons (Fsp3) is 0.600. The third kappa shape index (κ3) is 2.07. The molecule has 1 aromatic rings. The maximum atomic E-state index is 11.7. The summed E-state index contributed by atoms with van der Waals surface area (Å²) < 4.78 is 1.86. The lowest BCUT2D eigenvalue weighted by atomic mass is 10.2. The topological polar surface area (TPSA) is 71.0 Å². The number of likely N-dealkylation sites (N-methyl/N-ethyl adjacent to an activating group) is 1. The number of carbonyl (C=O) groups is 1. The monoisotopic (exact) mass is 223 g/mol. The van der Waals surface area contributed by atoms with Crippen molar-refractivity contribution in [3.63, 3.8) is 0 Å². The molecular formula is C10H17N5O. The van der Waals surface area contributed by atoms with Crippen LogP contribution in [0.4, 0.5) is 5.82 Å². The molecule has 0 bridgehead atoms. The number of hydrogen-bond donors (Lipinski definition) is 3. The second kappa shape index (κ2) is 4.63. The summed E-state index contributed by atoms with van der Waals surface area (Å²) in [5, 5.41) is 13.2. The van der Waals surface area contributed by atoms with Crippen molar-refractivity contribution in [1.29, 1.82) is 0 Å². The fourth-order valence-corrected chi connectivity index (χ4v) is 1.52. The minimum atomic E-state index is -0.206. The van der Waals surface area contributed by atoms with Crippen LogP contribution in [0.25, 0.3) is 0 Å². The first-order valence-corrected chi connectivity index (χ1v) is 5.44. The van der Waals surface area contributed by atoms with E-state index in [0.29, 0.717) is 6.04 Å². The highest BCUT2D eigenvalue weighted by Crippen LogP contribution is 2.17. The van der Waals surface area contributed by atoms with Crippen LogP contribution in [0.1, 0.15) is 13.0 Å². The molecule has 2 rings (SSSR count). The molecule has 1 aromatic heterocycles. The van der Waals surface area contributed by atoms with E-state index in [0.717, 1.165) is 18.9 Å². The molecule has 0 unspecified atom stereocenters. The summed E-state index contributed by atoms with van der Waals surface area (Å²) in [5.41, 5.74) is 0. The van der Waals surface area contributed by atoms with Gasteiger partial charge in [-0.1, -0.05) is 0 Å². The van der Waals surface area contributed by atoms with Crippen molar-refractivity contribution < 1.29 is 4.79 Å². The Morgan fingerprint density at radius 2 is 2.44 bits per heavy atom. The zero-order valence-electron chi connectivity index (χ0n) is 9.53. The summed E-state index contributed by atoms with van der Waals surface area (Å²) in [6, 6.07) is 1.97. The highest BCUT2D eigenvalue weighted by atomic mass is 16.2. The van der Waals surface area contributed by atoms with Gasteiger partial charge in [0, 0.05) is 19.2 Å². The van der Waals surface area contributed by atoms with Gasteiger partial charge in [-0.3, -0.25) is 4.79 Å². The van der Waals surface area contributed by atoms with E-state index in [2.05, 4.69) is 21.0 Å². The van der Waals surface area contributed by atoms with Crippen LogP contribution in [0.5, 0.6) is 0 Å². The second-order valence-electron chi connectivity index (χ2n) is 3.97. The molecule has 1 fully saturated rings. The summed E-state index contributed by atoms with van der Waals surface area (Å²) in [4.78, 5) is 11.7. The van der Waals surface area contributed by atoms with Crippen LogP contribution >= 0.6 is 0 Å². The van der Waals surface area contributed by atoms with Crippen LogP contribution < -0.4 is 16.0 Å². The Morgan fingerprint density at radius 3 is 3.00 bits per heavy atom. The Morgan fingerprint density at radius 1 is 1.69 bits per heavy atom. The van der Waals surface area contributed by atoms with Crippen molar-refractivity contribution in [2.24, 2.45) is 0 Å². The summed E-state index contributed by atoms with van der Waals surface area (Å²) in [5.74, 6) is 0.718. The number of hydrogen-bond acceptors (Lipinski definition) is 4. The Kier molecular flexibility index (Phi) is 3.21.